The summed E-state index contributed by atoms with van der Waals surface area (Å²) in [5, 5.41) is 0. The number of methoxy groups -OCH3 is 1. The molecule has 0 radical (unpaired) electrons. The summed E-state index contributed by atoms with van der Waals surface area (Å²) in [6.45, 7) is 2.41. The normalized spacial score (nSPS) is 17.1. The Labute approximate surface area is 133 Å². The van der Waals surface area contributed by atoms with Crippen LogP contribution in [0.15, 0.2) is 54.6 Å². The number of ether oxygens (including phenoxy) is 1. The smallest absolute Gasteiger partial charge is 0.119 e. The molecule has 1 aliphatic rings. The molecule has 2 nitrogen and oxygen atoms in total. The van der Waals surface area contributed by atoms with Crippen LogP contribution in [0.25, 0.3) is 0 Å². The summed E-state index contributed by atoms with van der Waals surface area (Å²) in [4.78, 5) is 2.64. The van der Waals surface area contributed by atoms with Crippen molar-refractivity contribution in [3.05, 3.63) is 65.7 Å². The minimum absolute atomic E-state index is 0.442. The molecule has 2 aromatic rings. The van der Waals surface area contributed by atoms with Gasteiger partial charge in [0.15, 0.2) is 0 Å². The minimum Gasteiger partial charge on any atom is -0.497 e. The highest BCUT2D eigenvalue weighted by molar-refractivity contribution is 5.32. The van der Waals surface area contributed by atoms with Crippen molar-refractivity contribution in [1.82, 2.24) is 4.90 Å². The highest BCUT2D eigenvalue weighted by atomic mass is 16.5. The van der Waals surface area contributed by atoms with Crippen molar-refractivity contribution < 1.29 is 4.74 Å². The molecule has 0 aliphatic carbocycles. The monoisotopic (exact) mass is 295 g/mol. The third kappa shape index (κ3) is 3.69. The van der Waals surface area contributed by atoms with E-state index in [1.807, 2.05) is 6.07 Å². The van der Waals surface area contributed by atoms with Crippen LogP contribution in [0.2, 0.25) is 0 Å². The van der Waals surface area contributed by atoms with Crippen molar-refractivity contribution in [2.45, 2.75) is 31.7 Å². The van der Waals surface area contributed by atoms with Crippen LogP contribution in [0, 0.1) is 0 Å². The van der Waals surface area contributed by atoms with Crippen molar-refractivity contribution in [1.29, 1.82) is 0 Å². The molecule has 2 heteroatoms. The first-order valence-corrected chi connectivity index (χ1v) is 8.29. The van der Waals surface area contributed by atoms with E-state index < -0.39 is 0 Å². The summed E-state index contributed by atoms with van der Waals surface area (Å²) in [5.41, 5.74) is 2.77. The molecule has 1 heterocycles. The maximum atomic E-state index is 5.42. The lowest BCUT2D eigenvalue weighted by molar-refractivity contribution is 0.162. The molecular formula is C20H25NO. The molecule has 22 heavy (non-hydrogen) atoms. The molecule has 116 valence electrons. The zero-order chi connectivity index (χ0) is 15.2. The molecule has 0 aromatic heterocycles. The van der Waals surface area contributed by atoms with Gasteiger partial charge < -0.3 is 4.74 Å². The molecule has 0 saturated carbocycles. The first-order valence-electron chi connectivity index (χ1n) is 8.29. The van der Waals surface area contributed by atoms with Gasteiger partial charge in [-0.1, -0.05) is 48.9 Å². The van der Waals surface area contributed by atoms with Crippen molar-refractivity contribution >= 4 is 0 Å². The molecule has 2 aromatic carbocycles. The third-order valence-corrected chi connectivity index (χ3v) is 4.58. The maximum Gasteiger partial charge on any atom is 0.119 e. The summed E-state index contributed by atoms with van der Waals surface area (Å²) < 4.78 is 5.42. The average molecular weight is 295 g/mol. The van der Waals surface area contributed by atoms with E-state index in [9.17, 15) is 0 Å². The van der Waals surface area contributed by atoms with Gasteiger partial charge in [-0.3, -0.25) is 4.90 Å². The zero-order valence-corrected chi connectivity index (χ0v) is 13.4. The Kier molecular flexibility index (Phi) is 5.12. The standard InChI is InChI=1S/C20H25NO/c1-22-19-12-8-11-18(16-19)20(21-13-6-3-7-14-21)15-17-9-4-2-5-10-17/h2,4-5,8-12,16,20H,3,6-7,13-15H2,1H3. The number of rotatable bonds is 5. The van der Waals surface area contributed by atoms with Gasteiger partial charge in [-0.15, -0.1) is 0 Å². The highest BCUT2D eigenvalue weighted by Gasteiger charge is 2.22. The lowest BCUT2D eigenvalue weighted by Crippen LogP contribution is -2.34. The third-order valence-electron chi connectivity index (χ3n) is 4.58. The lowest BCUT2D eigenvalue weighted by Gasteiger charge is -2.35. The van der Waals surface area contributed by atoms with Gasteiger partial charge in [0.2, 0.25) is 0 Å². The van der Waals surface area contributed by atoms with Crippen LogP contribution in [-0.2, 0) is 6.42 Å². The quantitative estimate of drug-likeness (QED) is 0.807. The first kappa shape index (κ1) is 15.1. The van der Waals surface area contributed by atoms with Crippen molar-refractivity contribution in [2.75, 3.05) is 20.2 Å². The van der Waals surface area contributed by atoms with Crippen molar-refractivity contribution in [3.8, 4) is 5.75 Å². The van der Waals surface area contributed by atoms with E-state index >= 15 is 0 Å². The Bertz CT molecular complexity index is 575. The second-order valence-corrected chi connectivity index (χ2v) is 6.08. The van der Waals surface area contributed by atoms with Crippen LogP contribution < -0.4 is 4.74 Å². The summed E-state index contributed by atoms with van der Waals surface area (Å²) >= 11 is 0. The molecule has 1 unspecified atom stereocenters. The number of hydrogen-bond acceptors (Lipinski definition) is 2. The van der Waals surface area contributed by atoms with Crippen LogP contribution in [-0.4, -0.2) is 25.1 Å². The largest absolute Gasteiger partial charge is 0.497 e. The Morgan fingerprint density at radius 2 is 1.73 bits per heavy atom. The molecule has 1 saturated heterocycles. The second-order valence-electron chi connectivity index (χ2n) is 6.08. The predicted molar refractivity (Wildman–Crippen MR) is 91.3 cm³/mol. The van der Waals surface area contributed by atoms with Crippen LogP contribution >= 0.6 is 0 Å². The number of nitrogens with zero attached hydrogens (tertiary/aromatic N) is 1. The van der Waals surface area contributed by atoms with Crippen LogP contribution in [0.1, 0.15) is 36.4 Å². The maximum absolute atomic E-state index is 5.42. The fraction of sp³-hybridized carbons (Fsp3) is 0.400. The summed E-state index contributed by atoms with van der Waals surface area (Å²) in [6.07, 6.45) is 5.06. The number of benzene rings is 2. The van der Waals surface area contributed by atoms with Gasteiger partial charge >= 0.3 is 0 Å². The van der Waals surface area contributed by atoms with Gasteiger partial charge in [-0.05, 0) is 55.6 Å². The fourth-order valence-electron chi connectivity index (χ4n) is 3.37. The molecule has 1 fully saturated rings. The van der Waals surface area contributed by atoms with E-state index in [-0.39, 0.29) is 0 Å². The highest BCUT2D eigenvalue weighted by Crippen LogP contribution is 2.30. The van der Waals surface area contributed by atoms with Gasteiger partial charge in [-0.2, -0.15) is 0 Å². The molecule has 1 atom stereocenters. The molecular weight excluding hydrogens is 270 g/mol. The molecule has 3 rings (SSSR count). The number of likely N-dealkylation sites (tertiary alicyclic amines) is 1. The molecule has 0 N–H and O–H groups in total. The number of hydrogen-bond donors (Lipinski definition) is 0. The van der Waals surface area contributed by atoms with E-state index in [2.05, 4.69) is 53.4 Å². The van der Waals surface area contributed by atoms with Gasteiger partial charge in [0.25, 0.3) is 0 Å². The molecule has 0 spiro atoms. The first-order chi connectivity index (χ1) is 10.9. The van der Waals surface area contributed by atoms with E-state index in [0.717, 1.165) is 12.2 Å². The molecule has 0 bridgehead atoms. The molecule has 1 aliphatic heterocycles. The SMILES string of the molecule is COc1cccc(C(Cc2ccccc2)N2CCCCC2)c1. The Morgan fingerprint density at radius 3 is 2.45 bits per heavy atom. The van der Waals surface area contributed by atoms with Crippen molar-refractivity contribution in [3.63, 3.8) is 0 Å². The van der Waals surface area contributed by atoms with Crippen molar-refractivity contribution in [2.24, 2.45) is 0 Å². The minimum atomic E-state index is 0.442. The summed E-state index contributed by atoms with van der Waals surface area (Å²) in [5.74, 6) is 0.951. The lowest BCUT2D eigenvalue weighted by atomic mass is 9.95. The Morgan fingerprint density at radius 1 is 0.955 bits per heavy atom. The van der Waals surface area contributed by atoms with E-state index in [1.165, 1.54) is 43.5 Å². The van der Waals surface area contributed by atoms with E-state index in [0.29, 0.717) is 6.04 Å². The fourth-order valence-corrected chi connectivity index (χ4v) is 3.37. The molecule has 0 amide bonds. The van der Waals surface area contributed by atoms with E-state index in [4.69, 9.17) is 4.74 Å². The summed E-state index contributed by atoms with van der Waals surface area (Å²) in [7, 11) is 1.74. The van der Waals surface area contributed by atoms with Gasteiger partial charge in [0.1, 0.15) is 5.75 Å². The second kappa shape index (κ2) is 7.46. The van der Waals surface area contributed by atoms with Gasteiger partial charge in [0, 0.05) is 6.04 Å². The average Bonchev–Trinajstić information content (AvgIpc) is 2.61. The van der Waals surface area contributed by atoms with Gasteiger partial charge in [-0.25, -0.2) is 0 Å². The zero-order valence-electron chi connectivity index (χ0n) is 13.4. The van der Waals surface area contributed by atoms with E-state index in [1.54, 1.807) is 7.11 Å². The Hall–Kier alpha value is -1.80. The van der Waals surface area contributed by atoms with Crippen LogP contribution in [0.5, 0.6) is 5.75 Å². The van der Waals surface area contributed by atoms with Crippen LogP contribution in [0.3, 0.4) is 0 Å². The van der Waals surface area contributed by atoms with Gasteiger partial charge in [0.05, 0.1) is 7.11 Å². The van der Waals surface area contributed by atoms with Crippen LogP contribution in [0.4, 0.5) is 0 Å². The Balaban J connectivity index is 1.87. The summed E-state index contributed by atoms with van der Waals surface area (Å²) in [6, 6.07) is 19.8. The number of piperidine rings is 1. The topological polar surface area (TPSA) is 12.5 Å². The predicted octanol–water partition coefficient (Wildman–Crippen LogP) is 4.46.